The third-order valence-corrected chi connectivity index (χ3v) is 3.85. The predicted molar refractivity (Wildman–Crippen MR) is 89.7 cm³/mol. The standard InChI is InChI=1S/C19H26N2/c1-4-16-10-11-18(21-14-16)13-19(20-5-2)12-17-8-6-15(3)7-9-17/h6-11,14,19-20H,4-5,12-13H2,1-3H3. The highest BCUT2D eigenvalue weighted by atomic mass is 14.9. The van der Waals surface area contributed by atoms with Crippen molar-refractivity contribution in [2.45, 2.75) is 46.1 Å². The third-order valence-electron chi connectivity index (χ3n) is 3.85. The summed E-state index contributed by atoms with van der Waals surface area (Å²) in [5.74, 6) is 0. The lowest BCUT2D eigenvalue weighted by Crippen LogP contribution is -2.33. The van der Waals surface area contributed by atoms with Gasteiger partial charge in [-0.3, -0.25) is 4.98 Å². The number of pyridine rings is 1. The van der Waals surface area contributed by atoms with Gasteiger partial charge >= 0.3 is 0 Å². The fraction of sp³-hybridized carbons (Fsp3) is 0.421. The zero-order chi connectivity index (χ0) is 15.1. The van der Waals surface area contributed by atoms with E-state index < -0.39 is 0 Å². The summed E-state index contributed by atoms with van der Waals surface area (Å²) in [5, 5.41) is 3.58. The van der Waals surface area contributed by atoms with E-state index in [0.29, 0.717) is 6.04 Å². The highest BCUT2D eigenvalue weighted by Crippen LogP contribution is 2.10. The number of nitrogens with one attached hydrogen (secondary N) is 1. The molecule has 0 bridgehead atoms. The molecule has 21 heavy (non-hydrogen) atoms. The first kappa shape index (κ1) is 15.7. The molecule has 0 radical (unpaired) electrons. The highest BCUT2D eigenvalue weighted by molar-refractivity contribution is 5.23. The molecule has 1 unspecified atom stereocenters. The molecule has 2 aromatic rings. The minimum atomic E-state index is 0.442. The lowest BCUT2D eigenvalue weighted by atomic mass is 10.0. The molecule has 1 N–H and O–H groups in total. The number of aryl methyl sites for hydroxylation is 2. The van der Waals surface area contributed by atoms with Crippen LogP contribution in [0.4, 0.5) is 0 Å². The van der Waals surface area contributed by atoms with Crippen molar-refractivity contribution >= 4 is 0 Å². The predicted octanol–water partition coefficient (Wildman–Crippen LogP) is 3.72. The summed E-state index contributed by atoms with van der Waals surface area (Å²) in [5.41, 5.74) is 5.18. The van der Waals surface area contributed by atoms with E-state index in [0.717, 1.165) is 25.8 Å². The van der Waals surface area contributed by atoms with Gasteiger partial charge in [0.25, 0.3) is 0 Å². The number of benzene rings is 1. The van der Waals surface area contributed by atoms with Gasteiger partial charge < -0.3 is 5.32 Å². The van der Waals surface area contributed by atoms with Crippen molar-refractivity contribution in [2.24, 2.45) is 0 Å². The average Bonchev–Trinajstić information content (AvgIpc) is 2.50. The zero-order valence-electron chi connectivity index (χ0n) is 13.4. The van der Waals surface area contributed by atoms with Gasteiger partial charge in [0.15, 0.2) is 0 Å². The second-order valence-electron chi connectivity index (χ2n) is 5.66. The Balaban J connectivity index is 2.02. The molecule has 2 rings (SSSR count). The number of nitrogens with zero attached hydrogens (tertiary/aromatic N) is 1. The summed E-state index contributed by atoms with van der Waals surface area (Å²) in [7, 11) is 0. The van der Waals surface area contributed by atoms with Gasteiger partial charge in [-0.2, -0.15) is 0 Å². The van der Waals surface area contributed by atoms with E-state index in [9.17, 15) is 0 Å². The molecule has 1 heterocycles. The van der Waals surface area contributed by atoms with Crippen LogP contribution in [0.3, 0.4) is 0 Å². The normalized spacial score (nSPS) is 12.3. The largest absolute Gasteiger partial charge is 0.314 e. The molecule has 0 spiro atoms. The Labute approximate surface area is 128 Å². The molecule has 0 aliphatic heterocycles. The Kier molecular flexibility index (Phi) is 5.94. The monoisotopic (exact) mass is 282 g/mol. The van der Waals surface area contributed by atoms with Crippen LogP contribution in [0.15, 0.2) is 42.6 Å². The van der Waals surface area contributed by atoms with Crippen molar-refractivity contribution < 1.29 is 0 Å². The van der Waals surface area contributed by atoms with Gasteiger partial charge in [0.05, 0.1) is 0 Å². The van der Waals surface area contributed by atoms with Crippen LogP contribution >= 0.6 is 0 Å². The number of aromatic nitrogens is 1. The Bertz CT molecular complexity index is 528. The molecule has 0 aliphatic carbocycles. The van der Waals surface area contributed by atoms with Crippen LogP contribution < -0.4 is 5.32 Å². The van der Waals surface area contributed by atoms with Crippen LogP contribution in [-0.4, -0.2) is 17.6 Å². The molecular formula is C19H26N2. The lowest BCUT2D eigenvalue weighted by molar-refractivity contribution is 0.516. The lowest BCUT2D eigenvalue weighted by Gasteiger charge is -2.18. The van der Waals surface area contributed by atoms with Gasteiger partial charge in [-0.25, -0.2) is 0 Å². The van der Waals surface area contributed by atoms with Crippen molar-refractivity contribution in [1.82, 2.24) is 10.3 Å². The van der Waals surface area contributed by atoms with Crippen LogP contribution in [0.2, 0.25) is 0 Å². The number of hydrogen-bond acceptors (Lipinski definition) is 2. The summed E-state index contributed by atoms with van der Waals surface area (Å²) in [4.78, 5) is 4.59. The summed E-state index contributed by atoms with van der Waals surface area (Å²) >= 11 is 0. The van der Waals surface area contributed by atoms with Gasteiger partial charge in [-0.15, -0.1) is 0 Å². The molecule has 1 atom stereocenters. The molecule has 0 fully saturated rings. The van der Waals surface area contributed by atoms with Crippen molar-refractivity contribution in [3.63, 3.8) is 0 Å². The molecule has 1 aromatic heterocycles. The maximum absolute atomic E-state index is 4.59. The molecule has 1 aromatic carbocycles. The van der Waals surface area contributed by atoms with Gasteiger partial charge in [0.2, 0.25) is 0 Å². The molecule has 2 heteroatoms. The van der Waals surface area contributed by atoms with Crippen LogP contribution in [0.25, 0.3) is 0 Å². The van der Waals surface area contributed by atoms with E-state index in [1.165, 1.54) is 22.4 Å². The molecule has 112 valence electrons. The molecule has 0 amide bonds. The maximum atomic E-state index is 4.59. The fourth-order valence-corrected chi connectivity index (χ4v) is 2.55. The Hall–Kier alpha value is -1.67. The Morgan fingerprint density at radius 1 is 0.952 bits per heavy atom. The topological polar surface area (TPSA) is 24.9 Å². The van der Waals surface area contributed by atoms with E-state index in [1.807, 2.05) is 6.20 Å². The van der Waals surface area contributed by atoms with Gasteiger partial charge in [0, 0.05) is 24.4 Å². The maximum Gasteiger partial charge on any atom is 0.0419 e. The van der Waals surface area contributed by atoms with Crippen LogP contribution in [0, 0.1) is 6.92 Å². The summed E-state index contributed by atoms with van der Waals surface area (Å²) in [6, 6.07) is 13.6. The first-order valence-corrected chi connectivity index (χ1v) is 7.94. The minimum absolute atomic E-state index is 0.442. The summed E-state index contributed by atoms with van der Waals surface area (Å²) in [6.07, 6.45) is 5.08. The smallest absolute Gasteiger partial charge is 0.0419 e. The van der Waals surface area contributed by atoms with E-state index in [1.54, 1.807) is 0 Å². The Morgan fingerprint density at radius 2 is 1.67 bits per heavy atom. The Morgan fingerprint density at radius 3 is 2.24 bits per heavy atom. The van der Waals surface area contributed by atoms with Crippen molar-refractivity contribution in [3.05, 3.63) is 65.0 Å². The van der Waals surface area contributed by atoms with Gasteiger partial charge in [-0.1, -0.05) is 49.7 Å². The highest BCUT2D eigenvalue weighted by Gasteiger charge is 2.10. The average molecular weight is 282 g/mol. The van der Waals surface area contributed by atoms with Crippen molar-refractivity contribution in [1.29, 1.82) is 0 Å². The molecule has 2 nitrogen and oxygen atoms in total. The molecule has 0 saturated heterocycles. The summed E-state index contributed by atoms with van der Waals surface area (Å²) in [6.45, 7) is 7.44. The quantitative estimate of drug-likeness (QED) is 0.837. The number of hydrogen-bond donors (Lipinski definition) is 1. The molecule has 0 aliphatic rings. The van der Waals surface area contributed by atoms with Gasteiger partial charge in [-0.05, 0) is 43.5 Å². The van der Waals surface area contributed by atoms with E-state index >= 15 is 0 Å². The third kappa shape index (κ3) is 4.98. The number of rotatable bonds is 7. The first-order valence-electron chi connectivity index (χ1n) is 7.94. The first-order chi connectivity index (χ1) is 10.2. The van der Waals surface area contributed by atoms with Crippen LogP contribution in [-0.2, 0) is 19.3 Å². The van der Waals surface area contributed by atoms with Crippen molar-refractivity contribution in [3.8, 4) is 0 Å². The van der Waals surface area contributed by atoms with E-state index in [4.69, 9.17) is 0 Å². The summed E-state index contributed by atoms with van der Waals surface area (Å²) < 4.78 is 0. The SMILES string of the molecule is CCNC(Cc1ccc(C)cc1)Cc1ccc(CC)cn1. The fourth-order valence-electron chi connectivity index (χ4n) is 2.55. The zero-order valence-corrected chi connectivity index (χ0v) is 13.4. The van der Waals surface area contributed by atoms with Gasteiger partial charge in [0.1, 0.15) is 0 Å². The number of likely N-dealkylation sites (N-methyl/N-ethyl adjacent to an activating group) is 1. The second-order valence-corrected chi connectivity index (χ2v) is 5.66. The molecular weight excluding hydrogens is 256 g/mol. The van der Waals surface area contributed by atoms with Crippen LogP contribution in [0.1, 0.15) is 36.2 Å². The molecule has 0 saturated carbocycles. The van der Waals surface area contributed by atoms with Crippen LogP contribution in [0.5, 0.6) is 0 Å². The van der Waals surface area contributed by atoms with E-state index in [2.05, 4.69) is 67.5 Å². The second kappa shape index (κ2) is 7.94. The van der Waals surface area contributed by atoms with E-state index in [-0.39, 0.29) is 0 Å². The van der Waals surface area contributed by atoms with Crippen molar-refractivity contribution in [2.75, 3.05) is 6.54 Å². The minimum Gasteiger partial charge on any atom is -0.314 e.